The van der Waals surface area contributed by atoms with Crippen LogP contribution in [0.2, 0.25) is 0 Å². The van der Waals surface area contributed by atoms with Crippen LogP contribution in [0, 0.1) is 0 Å². The molecule has 0 atom stereocenters. The van der Waals surface area contributed by atoms with E-state index < -0.39 is 5.63 Å². The molecule has 0 radical (unpaired) electrons. The fraction of sp³-hybridized carbons (Fsp3) is 0.286. The summed E-state index contributed by atoms with van der Waals surface area (Å²) in [7, 11) is 1.59. The Kier molecular flexibility index (Phi) is 6.77. The van der Waals surface area contributed by atoms with Crippen LogP contribution >= 0.6 is 11.8 Å². The second kappa shape index (κ2) is 9.47. The highest BCUT2D eigenvalue weighted by Gasteiger charge is 2.24. The molecule has 0 aliphatic heterocycles. The highest BCUT2D eigenvalue weighted by atomic mass is 32.2. The van der Waals surface area contributed by atoms with Gasteiger partial charge in [0.05, 0.1) is 7.11 Å². The van der Waals surface area contributed by atoms with E-state index in [0.717, 1.165) is 11.4 Å². The van der Waals surface area contributed by atoms with Crippen molar-refractivity contribution in [1.82, 2.24) is 5.27 Å². The van der Waals surface area contributed by atoms with Crippen molar-refractivity contribution in [3.05, 3.63) is 64.5 Å². The molecular weight excluding hydrogens is 390 g/mol. The van der Waals surface area contributed by atoms with Gasteiger partial charge in [-0.25, -0.2) is 4.79 Å². The van der Waals surface area contributed by atoms with Crippen LogP contribution in [0.3, 0.4) is 0 Å². The van der Waals surface area contributed by atoms with Crippen LogP contribution in [-0.4, -0.2) is 24.0 Å². The Morgan fingerprint density at radius 1 is 1.17 bits per heavy atom. The Morgan fingerprint density at radius 2 is 1.86 bits per heavy atom. The molecule has 2 aromatic carbocycles. The van der Waals surface area contributed by atoms with Crippen molar-refractivity contribution >= 4 is 23.4 Å². The molecule has 3 aromatic rings. The van der Waals surface area contributed by atoms with Crippen LogP contribution < -0.4 is 20.4 Å². The summed E-state index contributed by atoms with van der Waals surface area (Å²) in [6, 6.07) is 15.0. The smallest absolute Gasteiger partial charge is 0.442 e. The first-order chi connectivity index (χ1) is 14.0. The maximum absolute atomic E-state index is 12.2. The van der Waals surface area contributed by atoms with Crippen molar-refractivity contribution in [3.8, 4) is 11.4 Å². The molecule has 0 bridgehead atoms. The lowest BCUT2D eigenvalue weighted by atomic mass is 10.0. The van der Waals surface area contributed by atoms with Gasteiger partial charge in [0, 0.05) is 30.0 Å². The zero-order valence-corrected chi connectivity index (χ0v) is 17.4. The van der Waals surface area contributed by atoms with Crippen molar-refractivity contribution in [2.75, 3.05) is 18.2 Å². The van der Waals surface area contributed by atoms with Crippen LogP contribution in [0.5, 0.6) is 5.75 Å². The van der Waals surface area contributed by atoms with Crippen LogP contribution in [0.4, 0.5) is 5.69 Å². The van der Waals surface area contributed by atoms with Gasteiger partial charge in [-0.3, -0.25) is 9.32 Å². The lowest BCUT2D eigenvalue weighted by molar-refractivity contribution is -0.704. The predicted octanol–water partition coefficient (Wildman–Crippen LogP) is 3.50. The molecule has 0 aliphatic rings. The summed E-state index contributed by atoms with van der Waals surface area (Å²) in [5.41, 5.74) is 2.24. The largest absolute Gasteiger partial charge is 0.497 e. The van der Waals surface area contributed by atoms with E-state index in [9.17, 15) is 9.59 Å². The summed E-state index contributed by atoms with van der Waals surface area (Å²) in [6.45, 7) is 4.25. The van der Waals surface area contributed by atoms with E-state index in [0.29, 0.717) is 22.4 Å². The summed E-state index contributed by atoms with van der Waals surface area (Å²) in [5.74, 6) is 1.49. The molecular formula is C21H24N3O4S+. The number of hydrogen-bond donors (Lipinski definition) is 2. The lowest BCUT2D eigenvalue weighted by Gasteiger charge is -2.08. The van der Waals surface area contributed by atoms with Gasteiger partial charge in [0.2, 0.25) is 11.6 Å². The first-order valence-electron chi connectivity index (χ1n) is 9.28. The van der Waals surface area contributed by atoms with E-state index in [2.05, 4.69) is 24.4 Å². The van der Waals surface area contributed by atoms with Gasteiger partial charge < -0.3 is 10.1 Å². The third-order valence-corrected chi connectivity index (χ3v) is 5.40. The molecule has 0 fully saturated rings. The van der Waals surface area contributed by atoms with Crippen LogP contribution in [0.15, 0.2) is 62.9 Å². The monoisotopic (exact) mass is 414 g/mol. The van der Waals surface area contributed by atoms with E-state index in [1.807, 2.05) is 36.4 Å². The van der Waals surface area contributed by atoms with Crippen molar-refractivity contribution in [2.45, 2.75) is 31.2 Å². The number of nitrogens with zero attached hydrogens (tertiary/aromatic N) is 1. The molecule has 0 saturated heterocycles. The molecule has 2 N–H and O–H groups in total. The maximum atomic E-state index is 12.2. The average Bonchev–Trinajstić information content (AvgIpc) is 3.09. The molecule has 0 unspecified atom stereocenters. The molecule has 1 amide bonds. The predicted molar refractivity (Wildman–Crippen MR) is 112 cm³/mol. The highest BCUT2D eigenvalue weighted by Crippen LogP contribution is 2.18. The number of hydrogen-bond acceptors (Lipinski definition) is 5. The third-order valence-electron chi connectivity index (χ3n) is 4.37. The van der Waals surface area contributed by atoms with Gasteiger partial charge >= 0.3 is 10.7 Å². The number of nitrogens with one attached hydrogen (secondary N) is 2. The van der Waals surface area contributed by atoms with E-state index in [4.69, 9.17) is 9.26 Å². The van der Waals surface area contributed by atoms with Crippen LogP contribution in [0.1, 0.15) is 31.7 Å². The number of carbonyl (C=O) groups excluding carboxylic acids is 1. The number of benzene rings is 2. The van der Waals surface area contributed by atoms with E-state index in [1.54, 1.807) is 23.9 Å². The third kappa shape index (κ3) is 5.29. The summed E-state index contributed by atoms with van der Waals surface area (Å²) >= 11 is 1.26. The summed E-state index contributed by atoms with van der Waals surface area (Å²) in [4.78, 5) is 24.2. The summed E-state index contributed by atoms with van der Waals surface area (Å²) < 4.78 is 11.6. The Balaban J connectivity index is 1.58. The number of methoxy groups -OCH3 is 1. The molecule has 1 heterocycles. The molecule has 3 rings (SSSR count). The normalized spacial score (nSPS) is 10.9. The average molecular weight is 415 g/mol. The minimum Gasteiger partial charge on any atom is -0.497 e. The van der Waals surface area contributed by atoms with Gasteiger partial charge in [0.15, 0.2) is 0 Å². The maximum Gasteiger partial charge on any atom is 0.442 e. The lowest BCUT2D eigenvalue weighted by Crippen LogP contribution is -2.36. The van der Waals surface area contributed by atoms with E-state index in [-0.39, 0.29) is 12.3 Å². The fourth-order valence-corrected chi connectivity index (χ4v) is 3.62. The van der Waals surface area contributed by atoms with E-state index >= 15 is 0 Å². The number of rotatable bonds is 8. The van der Waals surface area contributed by atoms with Gasteiger partial charge in [0.1, 0.15) is 5.75 Å². The second-order valence-corrected chi connectivity index (χ2v) is 7.83. The second-order valence-electron chi connectivity index (χ2n) is 6.74. The number of thioether (sulfide) groups is 1. The number of aromatic nitrogens is 2. The van der Waals surface area contributed by atoms with Gasteiger partial charge in [-0.15, -0.1) is 0 Å². The first-order valence-corrected chi connectivity index (χ1v) is 10.3. The highest BCUT2D eigenvalue weighted by molar-refractivity contribution is 7.99. The Labute approximate surface area is 173 Å². The van der Waals surface area contributed by atoms with E-state index in [1.165, 1.54) is 17.3 Å². The van der Waals surface area contributed by atoms with Gasteiger partial charge in [0.25, 0.3) is 0 Å². The SMILES string of the molecule is COc1ccc(-[n+]2[nH]oc(=O)c2SCCC(=O)Nc2ccc(C(C)C)cc2)cc1. The number of amides is 1. The number of aromatic amines is 1. The van der Waals surface area contributed by atoms with Crippen LogP contribution in [-0.2, 0) is 4.79 Å². The van der Waals surface area contributed by atoms with Gasteiger partial charge in [-0.1, -0.05) is 26.0 Å². The molecule has 1 aromatic heterocycles. The minimum atomic E-state index is -0.476. The van der Waals surface area contributed by atoms with Crippen molar-refractivity contribution < 1.29 is 18.7 Å². The molecule has 0 spiro atoms. The molecule has 29 heavy (non-hydrogen) atoms. The Morgan fingerprint density at radius 3 is 2.48 bits per heavy atom. The number of carbonyl (C=O) groups is 1. The number of ether oxygens (including phenoxy) is 1. The molecule has 0 saturated carbocycles. The van der Waals surface area contributed by atoms with Gasteiger partial charge in [-0.2, -0.15) is 0 Å². The molecule has 7 nitrogen and oxygen atoms in total. The van der Waals surface area contributed by atoms with Crippen molar-refractivity contribution in [3.63, 3.8) is 0 Å². The van der Waals surface area contributed by atoms with Crippen molar-refractivity contribution in [2.24, 2.45) is 0 Å². The molecule has 0 aliphatic carbocycles. The molecule has 152 valence electrons. The Hall–Kier alpha value is -3.00. The summed E-state index contributed by atoms with van der Waals surface area (Å²) in [6.07, 6.45) is 0.268. The van der Waals surface area contributed by atoms with Gasteiger partial charge in [-0.05, 0) is 57.5 Å². The Bertz CT molecular complexity index is 1010. The van der Waals surface area contributed by atoms with Crippen molar-refractivity contribution in [1.29, 1.82) is 0 Å². The zero-order chi connectivity index (χ0) is 20.8. The standard InChI is InChI=1S/C21H23N3O4S/c1-14(2)15-4-6-16(7-5-15)22-19(25)12-13-29-20-21(26)28-23-24(20)17-8-10-18(27-3)11-9-17/h4-11,14H,12-13H2,1-3H3,(H-,22,23,25,26)/p+1. The number of anilines is 1. The fourth-order valence-electron chi connectivity index (χ4n) is 2.70. The first kappa shape index (κ1) is 20.7. The molecule has 8 heteroatoms. The quantitative estimate of drug-likeness (QED) is 0.435. The topological polar surface area (TPSA) is 88.2 Å². The van der Waals surface area contributed by atoms with Crippen LogP contribution in [0.25, 0.3) is 5.69 Å². The summed E-state index contributed by atoms with van der Waals surface area (Å²) in [5, 5.41) is 5.85. The minimum absolute atomic E-state index is 0.106. The number of H-pyrrole nitrogens is 1. The zero-order valence-electron chi connectivity index (χ0n) is 16.6.